The van der Waals surface area contributed by atoms with Gasteiger partial charge in [0, 0.05) is 31.6 Å². The van der Waals surface area contributed by atoms with Crippen molar-refractivity contribution in [3.8, 4) is 5.75 Å². The van der Waals surface area contributed by atoms with Gasteiger partial charge in [-0.3, -0.25) is 0 Å². The van der Waals surface area contributed by atoms with E-state index in [4.69, 9.17) is 4.74 Å². The lowest BCUT2D eigenvalue weighted by atomic mass is 9.88. The Morgan fingerprint density at radius 3 is 2.36 bits per heavy atom. The Balaban J connectivity index is 2.11. The lowest BCUT2D eigenvalue weighted by Gasteiger charge is -2.31. The van der Waals surface area contributed by atoms with Gasteiger partial charge < -0.3 is 9.64 Å². The summed E-state index contributed by atoms with van der Waals surface area (Å²) in [6.45, 7) is 1.81. The number of ether oxygens (including phenoxy) is 1. The number of hydrogen-bond donors (Lipinski definition) is 0. The van der Waals surface area contributed by atoms with Crippen LogP contribution in [0.3, 0.4) is 0 Å². The largest absolute Gasteiger partial charge is 0.472 e. The summed E-state index contributed by atoms with van der Waals surface area (Å²) in [7, 11) is 3.67. The number of halogens is 3. The molecule has 2 aromatic rings. The fraction of sp³-hybridized carbons (Fsp3) is 0.316. The molecule has 0 amide bonds. The maximum absolute atomic E-state index is 14.0. The van der Waals surface area contributed by atoms with Crippen LogP contribution in [0.25, 0.3) is 0 Å². The zero-order valence-electron chi connectivity index (χ0n) is 14.3. The van der Waals surface area contributed by atoms with Gasteiger partial charge in [0.05, 0.1) is 5.69 Å². The average molecular weight is 348 g/mol. The van der Waals surface area contributed by atoms with E-state index in [1.54, 1.807) is 36.4 Å². The number of hydrogen-bond acceptors (Lipinski definition) is 2. The first-order chi connectivity index (χ1) is 11.7. The van der Waals surface area contributed by atoms with Gasteiger partial charge in [-0.2, -0.15) is 13.2 Å². The maximum atomic E-state index is 14.0. The smallest absolute Gasteiger partial charge is 0.432 e. The lowest BCUT2D eigenvalue weighted by molar-refractivity contribution is -0.248. The minimum absolute atomic E-state index is 0.0953. The third-order valence-electron chi connectivity index (χ3n) is 4.45. The predicted molar refractivity (Wildman–Crippen MR) is 91.4 cm³/mol. The van der Waals surface area contributed by atoms with Crippen LogP contribution in [0.2, 0.25) is 0 Å². The van der Waals surface area contributed by atoms with Crippen molar-refractivity contribution >= 4 is 11.5 Å². The van der Waals surface area contributed by atoms with Gasteiger partial charge in [-0.15, -0.1) is 0 Å². The first-order valence-electron chi connectivity index (χ1n) is 7.90. The molecule has 3 nitrogen and oxygen atoms in total. The Bertz CT molecular complexity index is 800. The molecule has 0 aromatic heterocycles. The van der Waals surface area contributed by atoms with Crippen molar-refractivity contribution < 1.29 is 17.9 Å². The monoisotopic (exact) mass is 348 g/mol. The molecular weight excluding hydrogens is 329 g/mol. The van der Waals surface area contributed by atoms with Gasteiger partial charge in [-0.1, -0.05) is 36.4 Å². The molecule has 0 saturated carbocycles. The molecule has 0 fully saturated rings. The summed E-state index contributed by atoms with van der Waals surface area (Å²) in [6, 6.07) is 12.7. The number of rotatable bonds is 2. The number of fused-ring (bicyclic) bond motifs is 1. The second kappa shape index (κ2) is 6.10. The van der Waals surface area contributed by atoms with Crippen LogP contribution in [-0.2, 0) is 12.0 Å². The second-order valence-corrected chi connectivity index (χ2v) is 6.28. The van der Waals surface area contributed by atoms with Crippen LogP contribution < -0.4 is 4.74 Å². The van der Waals surface area contributed by atoms with Crippen LogP contribution in [0.4, 0.5) is 18.9 Å². The fourth-order valence-electron chi connectivity index (χ4n) is 2.87. The SMILES string of the molecule is CC(=Nc1cccc2c1CC(c1ccccc1)(C(F)(F)F)O2)N(C)C. The van der Waals surface area contributed by atoms with Crippen LogP contribution in [0.5, 0.6) is 5.75 Å². The molecule has 0 spiro atoms. The molecule has 6 heteroatoms. The Labute approximate surface area is 144 Å². The fourth-order valence-corrected chi connectivity index (χ4v) is 2.87. The number of nitrogens with zero attached hydrogens (tertiary/aromatic N) is 2. The average Bonchev–Trinajstić information content (AvgIpc) is 2.97. The zero-order chi connectivity index (χ0) is 18.2. The van der Waals surface area contributed by atoms with Crippen LogP contribution in [0, 0.1) is 0 Å². The molecule has 0 saturated heterocycles. The highest BCUT2D eigenvalue weighted by Crippen LogP contribution is 2.52. The number of aliphatic imine (C=N–C) groups is 1. The molecule has 1 atom stereocenters. The number of amidine groups is 1. The van der Waals surface area contributed by atoms with Gasteiger partial charge in [0.15, 0.2) is 0 Å². The summed E-state index contributed by atoms with van der Waals surface area (Å²) >= 11 is 0. The normalized spacial score (nSPS) is 20.2. The van der Waals surface area contributed by atoms with E-state index in [0.717, 1.165) is 0 Å². The van der Waals surface area contributed by atoms with Crippen molar-refractivity contribution in [2.45, 2.75) is 25.1 Å². The summed E-state index contributed by atoms with van der Waals surface area (Å²) in [5.41, 5.74) is -1.30. The zero-order valence-corrected chi connectivity index (χ0v) is 14.3. The van der Waals surface area contributed by atoms with Gasteiger partial charge >= 0.3 is 6.18 Å². The third-order valence-corrected chi connectivity index (χ3v) is 4.45. The molecule has 0 bridgehead atoms. The van der Waals surface area contributed by atoms with Gasteiger partial charge in [-0.25, -0.2) is 4.99 Å². The van der Waals surface area contributed by atoms with Crippen molar-refractivity contribution in [3.05, 3.63) is 59.7 Å². The summed E-state index contributed by atoms with van der Waals surface area (Å²) < 4.78 is 47.6. The van der Waals surface area contributed by atoms with Crippen molar-refractivity contribution in [2.75, 3.05) is 14.1 Å². The van der Waals surface area contributed by atoms with Gasteiger partial charge in [0.2, 0.25) is 5.60 Å². The van der Waals surface area contributed by atoms with Gasteiger partial charge in [-0.05, 0) is 19.1 Å². The molecule has 3 rings (SSSR count). The van der Waals surface area contributed by atoms with Gasteiger partial charge in [0.1, 0.15) is 11.6 Å². The summed E-state index contributed by atoms with van der Waals surface area (Å²) in [5, 5.41) is 0. The lowest BCUT2D eigenvalue weighted by Crippen LogP contribution is -2.46. The third kappa shape index (κ3) is 2.97. The van der Waals surface area contributed by atoms with E-state index in [9.17, 15) is 13.2 Å². The maximum Gasteiger partial charge on any atom is 0.432 e. The van der Waals surface area contributed by atoms with Crippen LogP contribution in [-0.4, -0.2) is 31.0 Å². The predicted octanol–water partition coefficient (Wildman–Crippen LogP) is 4.69. The first kappa shape index (κ1) is 17.3. The molecule has 2 aromatic carbocycles. The van der Waals surface area contributed by atoms with E-state index in [-0.39, 0.29) is 17.7 Å². The summed E-state index contributed by atoms with van der Waals surface area (Å²) in [4.78, 5) is 6.28. The highest BCUT2D eigenvalue weighted by Gasteiger charge is 2.61. The van der Waals surface area contributed by atoms with Crippen LogP contribution in [0.15, 0.2) is 53.5 Å². The molecule has 0 N–H and O–H groups in total. The molecule has 0 aliphatic carbocycles. The quantitative estimate of drug-likeness (QED) is 0.581. The Morgan fingerprint density at radius 2 is 1.76 bits per heavy atom. The number of alkyl halides is 3. The van der Waals surface area contributed by atoms with Crippen LogP contribution >= 0.6 is 0 Å². The highest BCUT2D eigenvalue weighted by atomic mass is 19.4. The number of benzene rings is 2. The highest BCUT2D eigenvalue weighted by molar-refractivity contribution is 5.83. The van der Waals surface area contributed by atoms with Gasteiger partial charge in [0.25, 0.3) is 0 Å². The molecule has 25 heavy (non-hydrogen) atoms. The van der Waals surface area contributed by atoms with E-state index in [2.05, 4.69) is 4.99 Å². The standard InChI is InChI=1S/C19H19F3N2O/c1-13(24(2)3)23-16-10-7-11-17-15(16)12-18(25-17,19(20,21)22)14-8-5-4-6-9-14/h4-11H,12H2,1-3H3. The van der Waals surface area contributed by atoms with Crippen LogP contribution in [0.1, 0.15) is 18.1 Å². The van der Waals surface area contributed by atoms with E-state index in [1.165, 1.54) is 12.1 Å². The molecular formula is C19H19F3N2O. The van der Waals surface area contributed by atoms with E-state index < -0.39 is 11.8 Å². The first-order valence-corrected chi connectivity index (χ1v) is 7.90. The Morgan fingerprint density at radius 1 is 1.08 bits per heavy atom. The second-order valence-electron chi connectivity index (χ2n) is 6.28. The Hall–Kier alpha value is -2.50. The molecule has 1 unspecified atom stereocenters. The molecule has 1 heterocycles. The summed E-state index contributed by atoms with van der Waals surface area (Å²) in [6.07, 6.45) is -4.85. The molecule has 0 radical (unpaired) electrons. The molecule has 1 aliphatic heterocycles. The summed E-state index contributed by atoms with van der Waals surface area (Å²) in [5.74, 6) is 0.937. The van der Waals surface area contributed by atoms with Crippen molar-refractivity contribution in [1.29, 1.82) is 0 Å². The van der Waals surface area contributed by atoms with E-state index in [0.29, 0.717) is 17.1 Å². The van der Waals surface area contributed by atoms with E-state index in [1.807, 2.05) is 25.9 Å². The van der Waals surface area contributed by atoms with E-state index >= 15 is 0 Å². The van der Waals surface area contributed by atoms with Crippen molar-refractivity contribution in [1.82, 2.24) is 4.90 Å². The molecule has 132 valence electrons. The van der Waals surface area contributed by atoms with Crippen molar-refractivity contribution in [3.63, 3.8) is 0 Å². The topological polar surface area (TPSA) is 24.8 Å². The minimum atomic E-state index is -4.55. The Kier molecular flexibility index (Phi) is 4.22. The van der Waals surface area contributed by atoms with Crippen molar-refractivity contribution in [2.24, 2.45) is 4.99 Å². The minimum Gasteiger partial charge on any atom is -0.472 e. The molecule has 1 aliphatic rings.